The Morgan fingerprint density at radius 2 is 1.97 bits per heavy atom. The summed E-state index contributed by atoms with van der Waals surface area (Å²) < 4.78 is 5.41. The molecule has 2 amide bonds. The summed E-state index contributed by atoms with van der Waals surface area (Å²) in [6.45, 7) is 5.95. The average Bonchev–Trinajstić information content (AvgIpc) is 3.52. The first-order valence-electron chi connectivity index (χ1n) is 12.4. The summed E-state index contributed by atoms with van der Waals surface area (Å²) in [5.41, 5.74) is 5.01. The minimum atomic E-state index is -0.726. The van der Waals surface area contributed by atoms with Crippen molar-refractivity contribution < 1.29 is 24.3 Å². The second-order valence-corrected chi connectivity index (χ2v) is 11.3. The summed E-state index contributed by atoms with van der Waals surface area (Å²) in [6.07, 6.45) is 8.57. The first-order valence-corrected chi connectivity index (χ1v) is 13.2. The Morgan fingerprint density at radius 3 is 2.64 bits per heavy atom. The molecule has 0 bridgehead atoms. The molecule has 1 aromatic rings. The molecule has 0 radical (unpaired) electrons. The molecule has 10 nitrogen and oxygen atoms in total. The van der Waals surface area contributed by atoms with Gasteiger partial charge < -0.3 is 25.9 Å². The number of hydrogen-bond acceptors (Lipinski definition) is 8. The molecule has 36 heavy (non-hydrogen) atoms. The number of rotatable bonds is 9. The van der Waals surface area contributed by atoms with Crippen LogP contribution in [0, 0.1) is 5.92 Å². The third kappa shape index (κ3) is 7.54. The summed E-state index contributed by atoms with van der Waals surface area (Å²) in [5, 5.41) is 17.8. The normalized spacial score (nSPS) is 19.8. The van der Waals surface area contributed by atoms with E-state index in [0.717, 1.165) is 37.0 Å². The van der Waals surface area contributed by atoms with E-state index in [4.69, 9.17) is 15.7 Å². The predicted octanol–water partition coefficient (Wildman–Crippen LogP) is 2.11. The second kappa shape index (κ2) is 12.4. The summed E-state index contributed by atoms with van der Waals surface area (Å²) >= 11 is 1.31. The van der Waals surface area contributed by atoms with E-state index >= 15 is 0 Å². The van der Waals surface area contributed by atoms with Gasteiger partial charge in [0, 0.05) is 11.4 Å². The monoisotopic (exact) mass is 519 g/mol. The highest BCUT2D eigenvalue weighted by Gasteiger charge is 2.38. The number of ether oxygens (including phenoxy) is 1. The molecule has 11 heteroatoms. The summed E-state index contributed by atoms with van der Waals surface area (Å²) in [5.74, 6) is -0.764. The van der Waals surface area contributed by atoms with Crippen molar-refractivity contribution in [2.75, 3.05) is 13.1 Å². The average molecular weight is 520 g/mol. The van der Waals surface area contributed by atoms with Crippen LogP contribution in [0.1, 0.15) is 62.6 Å². The van der Waals surface area contributed by atoms with E-state index in [0.29, 0.717) is 11.4 Å². The van der Waals surface area contributed by atoms with Crippen LogP contribution in [0.3, 0.4) is 0 Å². The van der Waals surface area contributed by atoms with E-state index in [9.17, 15) is 14.4 Å². The zero-order valence-corrected chi connectivity index (χ0v) is 22.0. The minimum Gasteiger partial charge on any atom is -0.459 e. The van der Waals surface area contributed by atoms with E-state index in [-0.39, 0.29) is 36.7 Å². The lowest BCUT2D eigenvalue weighted by atomic mass is 9.83. The first-order chi connectivity index (χ1) is 17.1. The van der Waals surface area contributed by atoms with Crippen molar-refractivity contribution in [2.24, 2.45) is 16.8 Å². The van der Waals surface area contributed by atoms with Gasteiger partial charge >= 0.3 is 5.97 Å². The van der Waals surface area contributed by atoms with Gasteiger partial charge in [0.1, 0.15) is 11.6 Å². The van der Waals surface area contributed by atoms with Crippen LogP contribution in [0.15, 0.2) is 29.4 Å². The van der Waals surface area contributed by atoms with Gasteiger partial charge in [-0.05, 0) is 51.7 Å². The molecule has 2 atom stereocenters. The van der Waals surface area contributed by atoms with Crippen LogP contribution < -0.4 is 16.4 Å². The van der Waals surface area contributed by atoms with Crippen LogP contribution in [-0.2, 0) is 25.7 Å². The third-order valence-corrected chi connectivity index (χ3v) is 7.35. The van der Waals surface area contributed by atoms with Gasteiger partial charge in [-0.2, -0.15) is 0 Å². The Hall–Kier alpha value is -2.92. The zero-order chi connectivity index (χ0) is 26.3. The quantitative estimate of drug-likeness (QED) is 0.0976. The molecule has 1 aromatic heterocycles. The number of carbonyl (C=O) groups excluding carboxylic acids is 3. The lowest BCUT2D eigenvalue weighted by Gasteiger charge is -2.34. The molecule has 198 valence electrons. The molecule has 1 saturated carbocycles. The second-order valence-electron chi connectivity index (χ2n) is 10.2. The Morgan fingerprint density at radius 1 is 1.25 bits per heavy atom. The van der Waals surface area contributed by atoms with Crippen molar-refractivity contribution in [1.82, 2.24) is 15.5 Å². The molecule has 0 aromatic carbocycles. The maximum atomic E-state index is 13.7. The van der Waals surface area contributed by atoms with Crippen LogP contribution in [0.25, 0.3) is 0 Å². The number of carbonyl (C=O) groups is 3. The maximum absolute atomic E-state index is 13.7. The van der Waals surface area contributed by atoms with E-state index < -0.39 is 23.7 Å². The standard InChI is InChI=1S/C25H37N5O5S/c1-25(2,3)35-20(31)15-27-21(16-8-5-4-6-9-16)24(33)30-13-7-10-18(30)23(32)28-14-17-11-12-19(36-17)22(26)29-34/h7,10-12,16,18,21,27,34H,4-6,8-9,13-15H2,1-3H3,(H2,26,29)(H,28,32)/t18?,21-/m0/s1. The van der Waals surface area contributed by atoms with Crippen molar-refractivity contribution in [3.05, 3.63) is 34.0 Å². The Balaban J connectivity index is 1.64. The van der Waals surface area contributed by atoms with Crippen molar-refractivity contribution in [2.45, 2.75) is 77.1 Å². The van der Waals surface area contributed by atoms with Crippen LogP contribution in [-0.4, -0.2) is 64.5 Å². The van der Waals surface area contributed by atoms with Crippen molar-refractivity contribution in [3.8, 4) is 0 Å². The van der Waals surface area contributed by atoms with Gasteiger partial charge in [0.05, 0.1) is 24.0 Å². The predicted molar refractivity (Wildman–Crippen MR) is 138 cm³/mol. The fourth-order valence-corrected chi connectivity index (χ4v) is 5.43. The topological polar surface area (TPSA) is 146 Å². The van der Waals surface area contributed by atoms with E-state index in [2.05, 4.69) is 15.8 Å². The molecule has 3 rings (SSSR count). The van der Waals surface area contributed by atoms with Crippen LogP contribution in [0.2, 0.25) is 0 Å². The molecular weight excluding hydrogens is 482 g/mol. The Bertz CT molecular complexity index is 993. The zero-order valence-electron chi connectivity index (χ0n) is 21.2. The number of nitrogens with one attached hydrogen (secondary N) is 2. The van der Waals surface area contributed by atoms with E-state index in [1.807, 2.05) is 6.08 Å². The number of esters is 1. The highest BCUT2D eigenvalue weighted by atomic mass is 32.1. The van der Waals surface area contributed by atoms with Gasteiger partial charge in [0.15, 0.2) is 5.84 Å². The number of amidine groups is 1. The highest BCUT2D eigenvalue weighted by molar-refractivity contribution is 7.14. The Kier molecular flexibility index (Phi) is 9.49. The van der Waals surface area contributed by atoms with Gasteiger partial charge in [0.25, 0.3) is 0 Å². The molecule has 2 heterocycles. The van der Waals surface area contributed by atoms with Crippen molar-refractivity contribution in [3.63, 3.8) is 0 Å². The largest absolute Gasteiger partial charge is 0.459 e. The summed E-state index contributed by atoms with van der Waals surface area (Å²) in [6, 6.07) is 2.23. The van der Waals surface area contributed by atoms with Crippen LogP contribution in [0.5, 0.6) is 0 Å². The smallest absolute Gasteiger partial charge is 0.320 e. The van der Waals surface area contributed by atoms with Gasteiger partial charge in [-0.25, -0.2) is 0 Å². The molecule has 1 aliphatic heterocycles. The molecule has 5 N–H and O–H groups in total. The number of thiophene rings is 1. The maximum Gasteiger partial charge on any atom is 0.320 e. The number of oxime groups is 1. The molecular formula is C25H37N5O5S. The highest BCUT2D eigenvalue weighted by Crippen LogP contribution is 2.28. The van der Waals surface area contributed by atoms with Crippen molar-refractivity contribution in [1.29, 1.82) is 0 Å². The molecule has 0 spiro atoms. The summed E-state index contributed by atoms with van der Waals surface area (Å²) in [4.78, 5) is 42.0. The fraction of sp³-hybridized carbons (Fsp3) is 0.600. The number of nitrogens with zero attached hydrogens (tertiary/aromatic N) is 2. The van der Waals surface area contributed by atoms with Crippen molar-refractivity contribution >= 4 is 35.0 Å². The molecule has 1 aliphatic carbocycles. The van der Waals surface area contributed by atoms with Crippen LogP contribution >= 0.6 is 11.3 Å². The van der Waals surface area contributed by atoms with Gasteiger partial charge in [-0.3, -0.25) is 19.7 Å². The van der Waals surface area contributed by atoms with Gasteiger partial charge in [0.2, 0.25) is 11.8 Å². The lowest BCUT2D eigenvalue weighted by Crippen LogP contribution is -2.56. The summed E-state index contributed by atoms with van der Waals surface area (Å²) in [7, 11) is 0. The third-order valence-electron chi connectivity index (χ3n) is 6.24. The van der Waals surface area contributed by atoms with Gasteiger partial charge in [-0.15, -0.1) is 11.3 Å². The minimum absolute atomic E-state index is 0.0145. The number of nitrogens with two attached hydrogens (primary N) is 1. The SMILES string of the molecule is CC(C)(C)OC(=O)CN[C@H](C(=O)N1CC=CC1C(=O)NCc1ccc(/C(N)=N/O)s1)C1CCCCC1. The molecule has 1 fully saturated rings. The number of hydrogen-bond donors (Lipinski definition) is 4. The first kappa shape index (κ1) is 27.7. The van der Waals surface area contributed by atoms with Gasteiger partial charge in [-0.1, -0.05) is 36.6 Å². The van der Waals surface area contributed by atoms with E-state index in [1.165, 1.54) is 11.3 Å². The molecule has 2 aliphatic rings. The van der Waals surface area contributed by atoms with Crippen LogP contribution in [0.4, 0.5) is 0 Å². The molecule has 1 unspecified atom stereocenters. The number of amides is 2. The molecule has 0 saturated heterocycles. The Labute approximate surface area is 215 Å². The van der Waals surface area contributed by atoms with E-state index in [1.54, 1.807) is 43.9 Å². The fourth-order valence-electron chi connectivity index (χ4n) is 4.59. The lowest BCUT2D eigenvalue weighted by molar-refractivity contribution is -0.154.